The molecule has 2 aromatic heterocycles. The second-order valence-corrected chi connectivity index (χ2v) is 10.5. The van der Waals surface area contributed by atoms with E-state index in [0.29, 0.717) is 11.7 Å². The summed E-state index contributed by atoms with van der Waals surface area (Å²) in [5, 5.41) is 2.22. The van der Waals surface area contributed by atoms with Gasteiger partial charge in [0.25, 0.3) is 0 Å². The predicted octanol–water partition coefficient (Wildman–Crippen LogP) is 10.1. The largest absolute Gasteiger partial charge is 0.436 e. The van der Waals surface area contributed by atoms with E-state index in [0.717, 1.165) is 66.6 Å². The van der Waals surface area contributed by atoms with Gasteiger partial charge in [0.05, 0.1) is 11.4 Å². The summed E-state index contributed by atoms with van der Waals surface area (Å²) < 4.78 is 6.08. The van der Waals surface area contributed by atoms with E-state index >= 15 is 0 Å². The number of fused-ring (bicyclic) bond motifs is 2. The SMILES string of the molecule is c1ccc(-c2cc(-c3ccccc3)nc(-c3ccc(-c4ccc5oc(-c6ccccc6)nc5c4)c4ccccc34)n2)cc1. The number of nitrogens with zero attached hydrogens (tertiary/aromatic N) is 3. The van der Waals surface area contributed by atoms with Gasteiger partial charge in [-0.25, -0.2) is 15.0 Å². The molecule has 8 rings (SSSR count). The van der Waals surface area contributed by atoms with Crippen molar-refractivity contribution in [2.24, 2.45) is 0 Å². The van der Waals surface area contributed by atoms with E-state index in [-0.39, 0.29) is 0 Å². The van der Waals surface area contributed by atoms with Crippen LogP contribution in [0.25, 0.3) is 78.4 Å². The van der Waals surface area contributed by atoms with E-state index in [4.69, 9.17) is 19.4 Å². The Morgan fingerprint density at radius 2 is 0.930 bits per heavy atom. The molecule has 0 N–H and O–H groups in total. The Kier molecular flexibility index (Phi) is 6.08. The lowest BCUT2D eigenvalue weighted by Crippen LogP contribution is -1.97. The summed E-state index contributed by atoms with van der Waals surface area (Å²) >= 11 is 0. The first-order chi connectivity index (χ1) is 21.3. The first-order valence-electron chi connectivity index (χ1n) is 14.3. The van der Waals surface area contributed by atoms with Crippen molar-refractivity contribution in [3.05, 3.63) is 152 Å². The molecule has 0 amide bonds. The molecule has 0 spiro atoms. The van der Waals surface area contributed by atoms with Crippen molar-refractivity contribution in [2.75, 3.05) is 0 Å². The molecule has 0 saturated carbocycles. The zero-order chi connectivity index (χ0) is 28.6. The average Bonchev–Trinajstić information content (AvgIpc) is 3.52. The van der Waals surface area contributed by atoms with E-state index in [1.807, 2.05) is 72.8 Å². The summed E-state index contributed by atoms with van der Waals surface area (Å²) in [6.45, 7) is 0. The van der Waals surface area contributed by atoms with E-state index in [2.05, 4.69) is 78.9 Å². The fraction of sp³-hybridized carbons (Fsp3) is 0. The van der Waals surface area contributed by atoms with E-state index in [1.165, 1.54) is 0 Å². The first kappa shape index (κ1) is 24.9. The van der Waals surface area contributed by atoms with Gasteiger partial charge in [0.2, 0.25) is 5.89 Å². The highest BCUT2D eigenvalue weighted by Gasteiger charge is 2.16. The van der Waals surface area contributed by atoms with Crippen LogP contribution in [0.5, 0.6) is 0 Å². The Morgan fingerprint density at radius 3 is 1.56 bits per heavy atom. The second kappa shape index (κ2) is 10.5. The molecule has 4 nitrogen and oxygen atoms in total. The van der Waals surface area contributed by atoms with Crippen LogP contribution in [-0.4, -0.2) is 15.0 Å². The van der Waals surface area contributed by atoms with E-state index in [1.54, 1.807) is 0 Å². The molecule has 0 aliphatic heterocycles. The molecule has 0 saturated heterocycles. The zero-order valence-corrected chi connectivity index (χ0v) is 23.2. The Balaban J connectivity index is 1.28. The molecular weight excluding hydrogens is 526 g/mol. The molecule has 0 aliphatic carbocycles. The molecule has 0 unspecified atom stereocenters. The second-order valence-electron chi connectivity index (χ2n) is 10.5. The topological polar surface area (TPSA) is 51.8 Å². The molecule has 8 aromatic rings. The lowest BCUT2D eigenvalue weighted by Gasteiger charge is -2.13. The molecule has 0 radical (unpaired) electrons. The Bertz CT molecular complexity index is 2170. The van der Waals surface area contributed by atoms with Crippen molar-refractivity contribution >= 4 is 21.9 Å². The third kappa shape index (κ3) is 4.65. The Labute approximate surface area is 249 Å². The van der Waals surface area contributed by atoms with E-state index < -0.39 is 0 Å². The third-order valence-corrected chi connectivity index (χ3v) is 7.75. The normalized spacial score (nSPS) is 11.3. The fourth-order valence-electron chi connectivity index (χ4n) is 5.63. The van der Waals surface area contributed by atoms with Gasteiger partial charge in [-0.15, -0.1) is 0 Å². The van der Waals surface area contributed by atoms with Gasteiger partial charge in [-0.3, -0.25) is 0 Å². The molecule has 0 aliphatic rings. The Hall–Kier alpha value is -5.87. The zero-order valence-electron chi connectivity index (χ0n) is 23.2. The van der Waals surface area contributed by atoms with Crippen LogP contribution in [0.2, 0.25) is 0 Å². The molecular formula is C39H25N3O. The summed E-state index contributed by atoms with van der Waals surface area (Å²) in [6, 6.07) is 51.6. The van der Waals surface area contributed by atoms with Crippen molar-refractivity contribution in [2.45, 2.75) is 0 Å². The van der Waals surface area contributed by atoms with Crippen LogP contribution < -0.4 is 0 Å². The number of rotatable bonds is 5. The van der Waals surface area contributed by atoms with Crippen molar-refractivity contribution < 1.29 is 4.42 Å². The quantitative estimate of drug-likeness (QED) is 0.214. The van der Waals surface area contributed by atoms with Gasteiger partial charge in [-0.1, -0.05) is 115 Å². The molecule has 4 heteroatoms. The van der Waals surface area contributed by atoms with Gasteiger partial charge in [-0.05, 0) is 58.3 Å². The van der Waals surface area contributed by atoms with Gasteiger partial charge < -0.3 is 4.42 Å². The van der Waals surface area contributed by atoms with Crippen molar-refractivity contribution in [1.29, 1.82) is 0 Å². The van der Waals surface area contributed by atoms with Crippen LogP contribution in [0.15, 0.2) is 156 Å². The summed E-state index contributed by atoms with van der Waals surface area (Å²) in [7, 11) is 0. The van der Waals surface area contributed by atoms with Crippen LogP contribution >= 0.6 is 0 Å². The lowest BCUT2D eigenvalue weighted by molar-refractivity contribution is 0.620. The van der Waals surface area contributed by atoms with Crippen LogP contribution in [0, 0.1) is 0 Å². The molecule has 0 atom stereocenters. The highest BCUT2D eigenvalue weighted by Crippen LogP contribution is 2.37. The maximum Gasteiger partial charge on any atom is 0.227 e. The van der Waals surface area contributed by atoms with E-state index in [9.17, 15) is 0 Å². The van der Waals surface area contributed by atoms with Gasteiger partial charge in [0.15, 0.2) is 11.4 Å². The molecule has 6 aromatic carbocycles. The molecule has 202 valence electrons. The Morgan fingerprint density at radius 1 is 0.395 bits per heavy atom. The summed E-state index contributed by atoms with van der Waals surface area (Å²) in [5.41, 5.74) is 9.64. The highest BCUT2D eigenvalue weighted by atomic mass is 16.3. The van der Waals surface area contributed by atoms with Crippen LogP contribution in [0.4, 0.5) is 0 Å². The smallest absolute Gasteiger partial charge is 0.227 e. The molecule has 0 fully saturated rings. The maximum absolute atomic E-state index is 6.08. The summed E-state index contributed by atoms with van der Waals surface area (Å²) in [6.07, 6.45) is 0. The average molecular weight is 552 g/mol. The van der Waals surface area contributed by atoms with Crippen molar-refractivity contribution in [3.63, 3.8) is 0 Å². The standard InChI is InChI=1S/C39H25N3O/c1-4-12-26(13-5-1)34-25-35(27-14-6-2-7-15-27)41-38(40-34)33-22-21-30(31-18-10-11-19-32(31)33)29-20-23-37-36(24-29)42-39(43-37)28-16-8-3-9-17-28/h1-25H. The predicted molar refractivity (Wildman–Crippen MR) is 174 cm³/mol. The highest BCUT2D eigenvalue weighted by molar-refractivity contribution is 6.05. The van der Waals surface area contributed by atoms with Gasteiger partial charge in [-0.2, -0.15) is 0 Å². The number of oxazole rings is 1. The van der Waals surface area contributed by atoms with Gasteiger partial charge >= 0.3 is 0 Å². The van der Waals surface area contributed by atoms with Crippen LogP contribution in [-0.2, 0) is 0 Å². The first-order valence-corrected chi connectivity index (χ1v) is 14.3. The minimum atomic E-state index is 0.623. The maximum atomic E-state index is 6.08. The fourth-order valence-corrected chi connectivity index (χ4v) is 5.63. The van der Waals surface area contributed by atoms with Gasteiger partial charge in [0, 0.05) is 22.3 Å². The van der Waals surface area contributed by atoms with Crippen molar-refractivity contribution in [3.8, 4) is 56.5 Å². The van der Waals surface area contributed by atoms with Crippen molar-refractivity contribution in [1.82, 2.24) is 15.0 Å². The number of aromatic nitrogens is 3. The van der Waals surface area contributed by atoms with Crippen LogP contribution in [0.1, 0.15) is 0 Å². The summed E-state index contributed by atoms with van der Waals surface area (Å²) in [4.78, 5) is 15.0. The number of hydrogen-bond acceptors (Lipinski definition) is 4. The molecule has 2 heterocycles. The van der Waals surface area contributed by atoms with Crippen LogP contribution in [0.3, 0.4) is 0 Å². The molecule has 43 heavy (non-hydrogen) atoms. The molecule has 0 bridgehead atoms. The minimum absolute atomic E-state index is 0.623. The lowest BCUT2D eigenvalue weighted by atomic mass is 9.94. The minimum Gasteiger partial charge on any atom is -0.436 e. The number of benzene rings is 6. The number of hydrogen-bond donors (Lipinski definition) is 0. The summed E-state index contributed by atoms with van der Waals surface area (Å²) in [5.74, 6) is 1.32. The third-order valence-electron chi connectivity index (χ3n) is 7.75. The monoisotopic (exact) mass is 551 g/mol. The van der Waals surface area contributed by atoms with Gasteiger partial charge in [0.1, 0.15) is 5.52 Å².